The van der Waals surface area contributed by atoms with Crippen molar-refractivity contribution in [1.82, 2.24) is 0 Å². The summed E-state index contributed by atoms with van der Waals surface area (Å²) in [4.78, 5) is 0. The van der Waals surface area contributed by atoms with E-state index in [0.29, 0.717) is 0 Å². The standard InChI is InChI=1S/Mg.20H2O.2H/h;20*1H2;;. The van der Waals surface area contributed by atoms with Crippen molar-refractivity contribution in [3.8, 4) is 0 Å². The van der Waals surface area contributed by atoms with Crippen LogP contribution < -0.4 is 0 Å². The normalized spacial score (nSPS) is 0. The minimum Gasteiger partial charge on any atom is -0.412 e. The lowest BCUT2D eigenvalue weighted by molar-refractivity contribution is 0.823. The van der Waals surface area contributed by atoms with Crippen LogP contribution in [0.3, 0.4) is 0 Å². The molecule has 21 heteroatoms. The van der Waals surface area contributed by atoms with E-state index in [2.05, 4.69) is 0 Å². The minimum absolute atomic E-state index is 0. The summed E-state index contributed by atoms with van der Waals surface area (Å²) in [5.74, 6) is 0. The van der Waals surface area contributed by atoms with Gasteiger partial charge in [0.05, 0.1) is 0 Å². The number of hydrogen-bond donors (Lipinski definition) is 0. The Balaban J connectivity index is 0. The molecule has 0 saturated heterocycles. The summed E-state index contributed by atoms with van der Waals surface area (Å²) in [7, 11) is 0. The lowest BCUT2D eigenvalue weighted by Crippen LogP contribution is -0.381. The van der Waals surface area contributed by atoms with Crippen LogP contribution in [0.5, 0.6) is 0 Å². The highest BCUT2D eigenvalue weighted by Crippen LogP contribution is -0.270. The predicted octanol–water partition coefficient (Wildman–Crippen LogP) is -17.4. The van der Waals surface area contributed by atoms with Crippen molar-refractivity contribution in [1.29, 1.82) is 0 Å². The highest BCUT2D eigenvalue weighted by Gasteiger charge is 0.316. The molecule has 0 aliphatic rings. The SMILES string of the molecule is O.O.O.O.O.O.O.O.O.O.O.O.O.O.O.O.O.O.O.O.[MgH2]. The lowest BCUT2D eigenvalue weighted by Gasteiger charge is -0.413. The van der Waals surface area contributed by atoms with Crippen molar-refractivity contribution in [3.05, 3.63) is 0 Å². The van der Waals surface area contributed by atoms with Gasteiger partial charge in [0.1, 0.15) is 0 Å². The van der Waals surface area contributed by atoms with Crippen molar-refractivity contribution in [2.75, 3.05) is 0 Å². The van der Waals surface area contributed by atoms with E-state index in [1.165, 1.54) is 0 Å². The van der Waals surface area contributed by atoms with Gasteiger partial charge in [0.2, 0.25) is 0 Å². The fraction of sp³-hybridized carbons (Fsp3) is 0. The minimum atomic E-state index is 0. The Hall–Kier alpha value is -0.0338. The van der Waals surface area contributed by atoms with Crippen LogP contribution in [0, 0.1) is 0 Å². The molecule has 0 aromatic carbocycles. The van der Waals surface area contributed by atoms with Crippen LogP contribution in [-0.4, -0.2) is 133 Å². The van der Waals surface area contributed by atoms with Crippen LogP contribution in [0.4, 0.5) is 0 Å². The molecule has 0 bridgehead atoms. The average molecular weight is 387 g/mol. The lowest BCUT2D eigenvalue weighted by atomic mass is 16.0. The predicted molar refractivity (Wildman–Crippen MR) is 80.8 cm³/mol. The van der Waals surface area contributed by atoms with Crippen LogP contribution >= 0.6 is 0 Å². The van der Waals surface area contributed by atoms with Crippen molar-refractivity contribution >= 4 is 23.1 Å². The van der Waals surface area contributed by atoms with Crippen LogP contribution in [0.25, 0.3) is 0 Å². The van der Waals surface area contributed by atoms with Gasteiger partial charge >= 0.3 is 23.1 Å². The van der Waals surface area contributed by atoms with Crippen LogP contribution in [0.2, 0.25) is 0 Å². The smallest absolute Gasteiger partial charge is 0.316 e. The van der Waals surface area contributed by atoms with E-state index in [0.717, 1.165) is 0 Å². The molecule has 0 atom stereocenters. The first kappa shape index (κ1) is 7330000. The van der Waals surface area contributed by atoms with Crippen LogP contribution in [-0.2, 0) is 0 Å². The van der Waals surface area contributed by atoms with Gasteiger partial charge in [0.15, 0.2) is 0 Å². The zero-order valence-corrected chi connectivity index (χ0v) is 10.0. The molecule has 0 spiro atoms. The Morgan fingerprint density at radius 2 is 0.0952 bits per heavy atom. The van der Waals surface area contributed by atoms with Crippen LogP contribution in [0.1, 0.15) is 0 Å². The van der Waals surface area contributed by atoms with Gasteiger partial charge in [-0.15, -0.1) is 0 Å². The Labute approximate surface area is 133 Å². The molecule has 21 heavy (non-hydrogen) atoms. The largest absolute Gasteiger partial charge is 0.412 e. The van der Waals surface area contributed by atoms with Crippen molar-refractivity contribution in [2.24, 2.45) is 0 Å². The summed E-state index contributed by atoms with van der Waals surface area (Å²) < 4.78 is 0. The number of hydrogen-bond acceptors (Lipinski definition) is 0. The summed E-state index contributed by atoms with van der Waals surface area (Å²) in [5, 5.41) is 0. The van der Waals surface area contributed by atoms with E-state index in [9.17, 15) is 0 Å². The van der Waals surface area contributed by atoms with Crippen LogP contribution in [0.15, 0.2) is 0 Å². The van der Waals surface area contributed by atoms with Gasteiger partial charge in [-0.2, -0.15) is 0 Å². The van der Waals surface area contributed by atoms with Gasteiger partial charge in [-0.05, 0) is 0 Å². The van der Waals surface area contributed by atoms with E-state index < -0.39 is 0 Å². The zero-order chi connectivity index (χ0) is 0. The zero-order valence-electron chi connectivity index (χ0n) is 10.0. The van der Waals surface area contributed by atoms with E-state index in [1.54, 1.807) is 0 Å². The molecule has 0 aromatic heterocycles. The molecule has 0 aromatic rings. The summed E-state index contributed by atoms with van der Waals surface area (Å²) in [6.45, 7) is 0. The molecule has 164 valence electrons. The van der Waals surface area contributed by atoms with Gasteiger partial charge in [0, 0.05) is 0 Å². The summed E-state index contributed by atoms with van der Waals surface area (Å²) in [6.07, 6.45) is 0. The molecule has 0 saturated carbocycles. The van der Waals surface area contributed by atoms with Gasteiger partial charge in [-0.3, -0.25) is 0 Å². The highest BCUT2D eigenvalue weighted by atomic mass is 24.3. The average Bonchev–Trinajstić information content (AvgIpc) is 0. The Morgan fingerprint density at radius 3 is 0.0952 bits per heavy atom. The third-order valence-corrected chi connectivity index (χ3v) is 0. The second-order valence-electron chi connectivity index (χ2n) is 0. The number of rotatable bonds is 0. The maximum Gasteiger partial charge on any atom is 0.316 e. The van der Waals surface area contributed by atoms with Gasteiger partial charge < -0.3 is 110 Å². The summed E-state index contributed by atoms with van der Waals surface area (Å²) >= 11 is 0. The second-order valence-corrected chi connectivity index (χ2v) is 0. The Morgan fingerprint density at radius 1 is 0.0952 bits per heavy atom. The monoisotopic (exact) mass is 386 g/mol. The van der Waals surface area contributed by atoms with E-state index in [1.807, 2.05) is 0 Å². The molecule has 0 heterocycles. The van der Waals surface area contributed by atoms with Crippen molar-refractivity contribution < 1.29 is 110 Å². The first-order valence-corrected chi connectivity index (χ1v) is 0. The van der Waals surface area contributed by atoms with Crippen molar-refractivity contribution in [3.63, 3.8) is 0 Å². The summed E-state index contributed by atoms with van der Waals surface area (Å²) in [5.41, 5.74) is 0. The fourth-order valence-corrected chi connectivity index (χ4v) is 0. The van der Waals surface area contributed by atoms with Crippen molar-refractivity contribution in [2.45, 2.75) is 0 Å². The topological polar surface area (TPSA) is 630 Å². The van der Waals surface area contributed by atoms with E-state index in [4.69, 9.17) is 0 Å². The third kappa shape index (κ3) is 5650000. The molecule has 0 fully saturated rings. The molecular weight excluding hydrogens is 344 g/mol. The van der Waals surface area contributed by atoms with Gasteiger partial charge in [-0.1, -0.05) is 0 Å². The van der Waals surface area contributed by atoms with Gasteiger partial charge in [-0.25, -0.2) is 0 Å². The molecule has 0 rings (SSSR count). The molecule has 0 amide bonds. The molecular formula is H42MgO20. The molecule has 0 unspecified atom stereocenters. The Bertz CT molecular complexity index is 5.80. The molecule has 0 aliphatic carbocycles. The van der Waals surface area contributed by atoms with E-state index in [-0.39, 0.29) is 133 Å². The van der Waals surface area contributed by atoms with Gasteiger partial charge in [0.25, 0.3) is 0 Å². The second kappa shape index (κ2) is 6300000. The molecule has 0 radical (unpaired) electrons. The van der Waals surface area contributed by atoms with E-state index >= 15 is 0 Å². The highest BCUT2D eigenvalue weighted by molar-refractivity contribution is 5.75. The summed E-state index contributed by atoms with van der Waals surface area (Å²) in [6, 6.07) is 0. The first-order valence-electron chi connectivity index (χ1n) is 0. The maximum absolute atomic E-state index is 0. The molecule has 40 N–H and O–H groups in total. The third-order valence-electron chi connectivity index (χ3n) is 0. The molecule has 20 nitrogen and oxygen atoms in total. The first-order chi connectivity index (χ1) is 0. The molecule has 0 aliphatic heterocycles. The quantitative estimate of drug-likeness (QED) is 0.349. The maximum atomic E-state index is 0. The Kier molecular flexibility index (Phi) is 2200000000000. The fourth-order valence-electron chi connectivity index (χ4n) is 0.